The lowest BCUT2D eigenvalue weighted by molar-refractivity contribution is -0.203. The van der Waals surface area contributed by atoms with E-state index in [-0.39, 0.29) is 33.4 Å². The molecule has 0 aromatic heterocycles. The zero-order valence-corrected chi connectivity index (χ0v) is 21.8. The average molecular weight is 451 g/mol. The van der Waals surface area contributed by atoms with Crippen molar-refractivity contribution in [3.8, 4) is 0 Å². The van der Waals surface area contributed by atoms with Gasteiger partial charge in [0.2, 0.25) is 0 Å². The first-order valence-electron chi connectivity index (χ1n) is 13.8. The number of hydrogen-bond acceptors (Lipinski definition) is 3. The highest BCUT2D eigenvalue weighted by molar-refractivity contribution is 6.04. The van der Waals surface area contributed by atoms with Crippen LogP contribution in [0.1, 0.15) is 106 Å². The summed E-state index contributed by atoms with van der Waals surface area (Å²) in [5.74, 6) is 2.39. The SMILES string of the molecule is CC1=C2CC3C(C)(C)OC4=C(C(C)C)C(=O)C5(CC1)CCC1C(C)(C)CCCC16CC25C43O6. The molecule has 2 bridgehead atoms. The van der Waals surface area contributed by atoms with Crippen LogP contribution in [0.15, 0.2) is 22.5 Å². The number of rotatable bonds is 1. The number of Topliss-reactive ketones (excluding diaryl/α,β-unsaturated/α-hetero) is 1. The van der Waals surface area contributed by atoms with Crippen LogP contribution >= 0.6 is 0 Å². The van der Waals surface area contributed by atoms with Crippen molar-refractivity contribution in [1.82, 2.24) is 0 Å². The van der Waals surface area contributed by atoms with Crippen molar-refractivity contribution >= 4 is 5.78 Å². The molecule has 0 N–H and O–H groups in total. The van der Waals surface area contributed by atoms with E-state index in [0.29, 0.717) is 17.6 Å². The van der Waals surface area contributed by atoms with Crippen LogP contribution in [0.4, 0.5) is 0 Å². The maximum atomic E-state index is 14.8. The summed E-state index contributed by atoms with van der Waals surface area (Å²) in [7, 11) is 0. The molecule has 2 aliphatic heterocycles. The summed E-state index contributed by atoms with van der Waals surface area (Å²) < 4.78 is 14.8. The third kappa shape index (κ3) is 1.92. The fraction of sp³-hybridized carbons (Fsp3) is 0.833. The third-order valence-corrected chi connectivity index (χ3v) is 12.1. The molecule has 3 saturated carbocycles. The summed E-state index contributed by atoms with van der Waals surface area (Å²) >= 11 is 0. The van der Waals surface area contributed by atoms with Crippen LogP contribution in [-0.2, 0) is 14.3 Å². The van der Waals surface area contributed by atoms with Crippen molar-refractivity contribution in [2.45, 2.75) is 123 Å². The van der Waals surface area contributed by atoms with Crippen LogP contribution in [0, 0.1) is 34.0 Å². The van der Waals surface area contributed by atoms with Crippen molar-refractivity contribution in [3.05, 3.63) is 22.5 Å². The van der Waals surface area contributed by atoms with Gasteiger partial charge in [-0.1, -0.05) is 45.3 Å². The molecule has 2 saturated heterocycles. The van der Waals surface area contributed by atoms with Crippen LogP contribution in [0.5, 0.6) is 0 Å². The van der Waals surface area contributed by atoms with Gasteiger partial charge in [0.15, 0.2) is 5.78 Å². The van der Waals surface area contributed by atoms with E-state index in [0.717, 1.165) is 56.3 Å². The molecule has 7 rings (SSSR count). The minimum absolute atomic E-state index is 0.118. The zero-order valence-electron chi connectivity index (χ0n) is 21.8. The minimum Gasteiger partial charge on any atom is -0.488 e. The Morgan fingerprint density at radius 2 is 1.76 bits per heavy atom. The molecule has 0 aromatic rings. The largest absolute Gasteiger partial charge is 0.488 e. The lowest BCUT2D eigenvalue weighted by atomic mass is 9.43. The van der Waals surface area contributed by atoms with Crippen LogP contribution in [0.2, 0.25) is 0 Å². The van der Waals surface area contributed by atoms with Gasteiger partial charge in [-0.2, -0.15) is 0 Å². The maximum absolute atomic E-state index is 14.8. The number of carbonyl (C=O) groups excluding carboxylic acids is 1. The fourth-order valence-electron chi connectivity index (χ4n) is 11.1. The summed E-state index contributed by atoms with van der Waals surface area (Å²) in [4.78, 5) is 14.8. The second kappa shape index (κ2) is 5.66. The van der Waals surface area contributed by atoms with Crippen molar-refractivity contribution in [3.63, 3.8) is 0 Å². The van der Waals surface area contributed by atoms with Gasteiger partial charge in [-0.15, -0.1) is 0 Å². The van der Waals surface area contributed by atoms with Crippen molar-refractivity contribution < 1.29 is 14.3 Å². The van der Waals surface area contributed by atoms with Gasteiger partial charge in [0.25, 0.3) is 0 Å². The predicted octanol–water partition coefficient (Wildman–Crippen LogP) is 6.91. The van der Waals surface area contributed by atoms with E-state index < -0.39 is 5.60 Å². The van der Waals surface area contributed by atoms with E-state index in [9.17, 15) is 4.79 Å². The molecule has 3 spiro atoms. The van der Waals surface area contributed by atoms with Gasteiger partial charge < -0.3 is 9.47 Å². The molecule has 5 aliphatic carbocycles. The molecule has 6 atom stereocenters. The van der Waals surface area contributed by atoms with Gasteiger partial charge in [0, 0.05) is 22.3 Å². The highest BCUT2D eigenvalue weighted by atomic mass is 16.6. The smallest absolute Gasteiger partial charge is 0.169 e. The van der Waals surface area contributed by atoms with E-state index in [2.05, 4.69) is 48.5 Å². The molecule has 3 heteroatoms. The fourth-order valence-corrected chi connectivity index (χ4v) is 11.1. The van der Waals surface area contributed by atoms with Gasteiger partial charge in [-0.05, 0) is 89.4 Å². The number of ether oxygens (including phenoxy) is 2. The lowest BCUT2D eigenvalue weighted by Gasteiger charge is -2.59. The normalized spacial score (nSPS) is 50.4. The van der Waals surface area contributed by atoms with Crippen LogP contribution in [0.25, 0.3) is 0 Å². The number of carbonyl (C=O) groups is 1. The summed E-state index contributed by atoms with van der Waals surface area (Å²) in [5, 5.41) is 0. The lowest BCUT2D eigenvalue weighted by Crippen LogP contribution is -2.64. The number of ketones is 1. The number of allylic oxidation sites excluding steroid dienone is 2. The molecule has 0 radical (unpaired) electrons. The molecule has 3 nitrogen and oxygen atoms in total. The van der Waals surface area contributed by atoms with E-state index >= 15 is 0 Å². The second-order valence-corrected chi connectivity index (χ2v) is 14.4. The molecule has 0 aromatic carbocycles. The van der Waals surface area contributed by atoms with Gasteiger partial charge >= 0.3 is 0 Å². The van der Waals surface area contributed by atoms with E-state index in [1.807, 2.05) is 0 Å². The van der Waals surface area contributed by atoms with Crippen LogP contribution in [0.3, 0.4) is 0 Å². The quantitative estimate of drug-likeness (QED) is 0.407. The Labute approximate surface area is 199 Å². The topological polar surface area (TPSA) is 35.5 Å². The molecule has 5 fully saturated rings. The molecular formula is C30H42O3. The second-order valence-electron chi connectivity index (χ2n) is 14.4. The Balaban J connectivity index is 1.63. The summed E-state index contributed by atoms with van der Waals surface area (Å²) in [6.07, 6.45) is 10.0. The minimum atomic E-state index is -0.437. The van der Waals surface area contributed by atoms with Crippen molar-refractivity contribution in [1.29, 1.82) is 0 Å². The summed E-state index contributed by atoms with van der Waals surface area (Å²) in [6, 6.07) is 0. The highest BCUT2D eigenvalue weighted by Gasteiger charge is 2.89. The maximum Gasteiger partial charge on any atom is 0.169 e. The first-order chi connectivity index (χ1) is 15.4. The zero-order chi connectivity index (χ0) is 23.4. The monoisotopic (exact) mass is 450 g/mol. The average Bonchev–Trinajstić information content (AvgIpc) is 3.18. The Bertz CT molecular complexity index is 1060. The Morgan fingerprint density at radius 1 is 1.00 bits per heavy atom. The molecular weight excluding hydrogens is 408 g/mol. The van der Waals surface area contributed by atoms with Crippen LogP contribution in [-0.4, -0.2) is 22.6 Å². The van der Waals surface area contributed by atoms with Gasteiger partial charge in [0.05, 0.1) is 5.60 Å². The standard InChI is InChI=1S/C30H42O3/c1-17(2)22-23(31)27-13-9-18(3)19-15-21-26(6,7)32-24(22)30(21)29(19,27)16-28(33-30)12-8-11-25(4,5)20(28)10-14-27/h17,20-21H,8-16H2,1-7H3. The van der Waals surface area contributed by atoms with Gasteiger partial charge in [-0.25, -0.2) is 0 Å². The Morgan fingerprint density at radius 3 is 2.48 bits per heavy atom. The summed E-state index contributed by atoms with van der Waals surface area (Å²) in [5.41, 5.74) is 3.05. The van der Waals surface area contributed by atoms with Crippen molar-refractivity contribution in [2.75, 3.05) is 0 Å². The highest BCUT2D eigenvalue weighted by Crippen LogP contribution is 2.85. The van der Waals surface area contributed by atoms with Crippen LogP contribution < -0.4 is 0 Å². The molecule has 180 valence electrons. The Kier molecular flexibility index (Phi) is 3.64. The molecule has 0 amide bonds. The van der Waals surface area contributed by atoms with E-state index in [1.165, 1.54) is 12.8 Å². The van der Waals surface area contributed by atoms with E-state index in [4.69, 9.17) is 9.47 Å². The van der Waals surface area contributed by atoms with Crippen molar-refractivity contribution in [2.24, 2.45) is 34.0 Å². The predicted molar refractivity (Wildman–Crippen MR) is 128 cm³/mol. The van der Waals surface area contributed by atoms with E-state index in [1.54, 1.807) is 11.1 Å². The van der Waals surface area contributed by atoms with Gasteiger partial charge in [-0.3, -0.25) is 4.79 Å². The first-order valence-corrected chi connectivity index (χ1v) is 13.8. The molecule has 2 heterocycles. The molecule has 33 heavy (non-hydrogen) atoms. The van der Waals surface area contributed by atoms with Gasteiger partial charge in [0.1, 0.15) is 17.0 Å². The molecule has 7 aliphatic rings. The number of hydrogen-bond donors (Lipinski definition) is 0. The Hall–Kier alpha value is -1.09. The first kappa shape index (κ1) is 21.2. The summed E-state index contributed by atoms with van der Waals surface area (Å²) in [6.45, 7) is 16.3. The third-order valence-electron chi connectivity index (χ3n) is 12.1. The molecule has 6 unspecified atom stereocenters.